The van der Waals surface area contributed by atoms with E-state index < -0.39 is 0 Å². The molecule has 0 amide bonds. The molecule has 0 unspecified atom stereocenters. The third kappa shape index (κ3) is 4.08. The summed E-state index contributed by atoms with van der Waals surface area (Å²) < 4.78 is 5.45. The smallest absolute Gasteiger partial charge is 0.226 e. The van der Waals surface area contributed by atoms with Crippen molar-refractivity contribution in [1.82, 2.24) is 9.97 Å². The molecule has 1 aromatic rings. The molecule has 1 aliphatic rings. The molecule has 1 fully saturated rings. The normalized spacial score (nSPS) is 18.1. The van der Waals surface area contributed by atoms with Crippen LogP contribution in [-0.4, -0.2) is 23.1 Å². The molecule has 0 aromatic carbocycles. The first-order chi connectivity index (χ1) is 9.11. The molecule has 106 valence electrons. The van der Waals surface area contributed by atoms with Crippen molar-refractivity contribution in [3.05, 3.63) is 11.8 Å². The van der Waals surface area contributed by atoms with Crippen LogP contribution >= 0.6 is 0 Å². The summed E-state index contributed by atoms with van der Waals surface area (Å²) in [6, 6.07) is 1.87. The molecule has 1 aromatic heterocycles. The number of aromatic nitrogens is 2. The zero-order valence-corrected chi connectivity index (χ0v) is 12.3. The highest BCUT2D eigenvalue weighted by Crippen LogP contribution is 2.35. The van der Waals surface area contributed by atoms with Crippen LogP contribution in [0, 0.1) is 12.3 Å². The number of hydrogen-bond acceptors (Lipinski definition) is 4. The van der Waals surface area contributed by atoms with E-state index in [0.29, 0.717) is 23.9 Å². The molecule has 0 aliphatic heterocycles. The Hall–Kier alpha value is -1.32. The van der Waals surface area contributed by atoms with Crippen molar-refractivity contribution < 1.29 is 4.74 Å². The highest BCUT2D eigenvalue weighted by molar-refractivity contribution is 5.30. The Morgan fingerprint density at radius 3 is 2.68 bits per heavy atom. The van der Waals surface area contributed by atoms with Gasteiger partial charge in [0, 0.05) is 18.3 Å². The fourth-order valence-electron chi connectivity index (χ4n) is 2.72. The molecule has 1 aliphatic carbocycles. The van der Waals surface area contributed by atoms with E-state index in [0.717, 1.165) is 12.2 Å². The standard InChI is InChI=1S/C15H25N3O/c1-4-19-13-10-12(2)17-14(18-13)16-11-15(3)8-6-5-7-9-15/h10H,4-9,11H2,1-3H3,(H,16,17,18). The predicted octanol–water partition coefficient (Wildman–Crippen LogP) is 3.57. The van der Waals surface area contributed by atoms with Crippen molar-refractivity contribution in [2.24, 2.45) is 5.41 Å². The molecular weight excluding hydrogens is 238 g/mol. The average Bonchev–Trinajstić information content (AvgIpc) is 2.37. The van der Waals surface area contributed by atoms with Crippen LogP contribution in [0.1, 0.15) is 51.6 Å². The average molecular weight is 263 g/mol. The van der Waals surface area contributed by atoms with Gasteiger partial charge in [0.25, 0.3) is 0 Å². The topological polar surface area (TPSA) is 47.0 Å². The fraction of sp³-hybridized carbons (Fsp3) is 0.733. The Morgan fingerprint density at radius 1 is 1.26 bits per heavy atom. The highest BCUT2D eigenvalue weighted by Gasteiger charge is 2.26. The minimum absolute atomic E-state index is 0.386. The Bertz CT molecular complexity index is 414. The number of hydrogen-bond donors (Lipinski definition) is 1. The molecule has 1 saturated carbocycles. The second-order valence-corrected chi connectivity index (χ2v) is 5.83. The molecule has 0 bridgehead atoms. The maximum Gasteiger partial charge on any atom is 0.226 e. The second kappa shape index (κ2) is 6.22. The zero-order valence-electron chi connectivity index (χ0n) is 12.3. The van der Waals surface area contributed by atoms with Crippen molar-refractivity contribution in [2.75, 3.05) is 18.5 Å². The highest BCUT2D eigenvalue weighted by atomic mass is 16.5. The van der Waals surface area contributed by atoms with E-state index in [1.165, 1.54) is 32.1 Å². The largest absolute Gasteiger partial charge is 0.478 e. The molecular formula is C15H25N3O. The lowest BCUT2D eigenvalue weighted by Gasteiger charge is -2.33. The Labute approximate surface area is 116 Å². The van der Waals surface area contributed by atoms with E-state index in [1.807, 2.05) is 19.9 Å². The van der Waals surface area contributed by atoms with Crippen LogP contribution in [0.5, 0.6) is 5.88 Å². The molecule has 4 nitrogen and oxygen atoms in total. The van der Waals surface area contributed by atoms with Crippen LogP contribution < -0.4 is 10.1 Å². The van der Waals surface area contributed by atoms with Crippen molar-refractivity contribution in [3.63, 3.8) is 0 Å². The van der Waals surface area contributed by atoms with Crippen molar-refractivity contribution in [3.8, 4) is 5.88 Å². The van der Waals surface area contributed by atoms with E-state index in [1.54, 1.807) is 0 Å². The summed E-state index contributed by atoms with van der Waals surface area (Å²) in [5, 5.41) is 3.39. The predicted molar refractivity (Wildman–Crippen MR) is 77.6 cm³/mol. The quantitative estimate of drug-likeness (QED) is 0.882. The fourth-order valence-corrected chi connectivity index (χ4v) is 2.72. The summed E-state index contributed by atoms with van der Waals surface area (Å²) in [7, 11) is 0. The molecule has 0 atom stereocenters. The summed E-state index contributed by atoms with van der Waals surface area (Å²) in [6.45, 7) is 7.87. The number of rotatable bonds is 5. The summed E-state index contributed by atoms with van der Waals surface area (Å²) in [5.74, 6) is 1.35. The third-order valence-electron chi connectivity index (χ3n) is 3.86. The van der Waals surface area contributed by atoms with Gasteiger partial charge < -0.3 is 10.1 Å². The molecule has 0 spiro atoms. The van der Waals surface area contributed by atoms with Crippen molar-refractivity contribution in [2.45, 2.75) is 52.9 Å². The minimum atomic E-state index is 0.386. The van der Waals surface area contributed by atoms with Crippen LogP contribution in [-0.2, 0) is 0 Å². The summed E-state index contributed by atoms with van der Waals surface area (Å²) in [4.78, 5) is 8.82. The molecule has 19 heavy (non-hydrogen) atoms. The lowest BCUT2D eigenvalue weighted by molar-refractivity contribution is 0.233. The lowest BCUT2D eigenvalue weighted by Crippen LogP contribution is -2.29. The lowest BCUT2D eigenvalue weighted by atomic mass is 9.76. The number of nitrogens with zero attached hydrogens (tertiary/aromatic N) is 2. The first-order valence-electron chi connectivity index (χ1n) is 7.34. The van der Waals surface area contributed by atoms with Gasteiger partial charge in [0.05, 0.1) is 6.61 Å². The maximum atomic E-state index is 5.45. The zero-order chi connectivity index (χ0) is 13.7. The Morgan fingerprint density at radius 2 is 2.00 bits per heavy atom. The maximum absolute atomic E-state index is 5.45. The number of anilines is 1. The second-order valence-electron chi connectivity index (χ2n) is 5.83. The summed E-state index contributed by atoms with van der Waals surface area (Å²) >= 11 is 0. The number of aryl methyl sites for hydroxylation is 1. The molecule has 0 radical (unpaired) electrons. The van der Waals surface area contributed by atoms with Gasteiger partial charge in [-0.15, -0.1) is 0 Å². The molecule has 0 saturated heterocycles. The Kier molecular flexibility index (Phi) is 4.61. The number of ether oxygens (including phenoxy) is 1. The first-order valence-corrected chi connectivity index (χ1v) is 7.34. The van der Waals surface area contributed by atoms with Gasteiger partial charge in [-0.25, -0.2) is 4.98 Å². The van der Waals surface area contributed by atoms with E-state index in [4.69, 9.17) is 4.74 Å². The Balaban J connectivity index is 1.98. The minimum Gasteiger partial charge on any atom is -0.478 e. The van der Waals surface area contributed by atoms with Gasteiger partial charge in [-0.05, 0) is 32.1 Å². The van der Waals surface area contributed by atoms with E-state index in [2.05, 4.69) is 22.2 Å². The van der Waals surface area contributed by atoms with Gasteiger partial charge in [-0.1, -0.05) is 26.2 Å². The van der Waals surface area contributed by atoms with E-state index in [-0.39, 0.29) is 0 Å². The summed E-state index contributed by atoms with van der Waals surface area (Å²) in [5.41, 5.74) is 1.33. The van der Waals surface area contributed by atoms with Crippen LogP contribution in [0.3, 0.4) is 0 Å². The van der Waals surface area contributed by atoms with Gasteiger partial charge in [0.1, 0.15) is 0 Å². The molecule has 4 heteroatoms. The molecule has 1 heterocycles. The van der Waals surface area contributed by atoms with Gasteiger partial charge in [0.2, 0.25) is 11.8 Å². The van der Waals surface area contributed by atoms with Crippen LogP contribution in [0.15, 0.2) is 6.07 Å². The van der Waals surface area contributed by atoms with Gasteiger partial charge in [-0.2, -0.15) is 4.98 Å². The van der Waals surface area contributed by atoms with Gasteiger partial charge >= 0.3 is 0 Å². The first kappa shape index (κ1) is 14.1. The third-order valence-corrected chi connectivity index (χ3v) is 3.86. The molecule has 2 rings (SSSR count). The SMILES string of the molecule is CCOc1cc(C)nc(NCC2(C)CCCCC2)n1. The van der Waals surface area contributed by atoms with Gasteiger partial charge in [0.15, 0.2) is 0 Å². The van der Waals surface area contributed by atoms with Gasteiger partial charge in [-0.3, -0.25) is 0 Å². The van der Waals surface area contributed by atoms with Crippen molar-refractivity contribution >= 4 is 5.95 Å². The van der Waals surface area contributed by atoms with Crippen LogP contribution in [0.25, 0.3) is 0 Å². The van der Waals surface area contributed by atoms with Crippen LogP contribution in [0.2, 0.25) is 0 Å². The molecule has 1 N–H and O–H groups in total. The van der Waals surface area contributed by atoms with E-state index in [9.17, 15) is 0 Å². The summed E-state index contributed by atoms with van der Waals surface area (Å²) in [6.07, 6.45) is 6.66. The monoisotopic (exact) mass is 263 g/mol. The van der Waals surface area contributed by atoms with Crippen LogP contribution in [0.4, 0.5) is 5.95 Å². The van der Waals surface area contributed by atoms with Crippen molar-refractivity contribution in [1.29, 1.82) is 0 Å². The van der Waals surface area contributed by atoms with E-state index >= 15 is 0 Å². The number of nitrogens with one attached hydrogen (secondary N) is 1.